The van der Waals surface area contributed by atoms with E-state index in [4.69, 9.17) is 10.5 Å². The van der Waals surface area contributed by atoms with Gasteiger partial charge >= 0.3 is 0 Å². The van der Waals surface area contributed by atoms with Gasteiger partial charge in [0.15, 0.2) is 0 Å². The lowest BCUT2D eigenvalue weighted by Gasteiger charge is -2.07. The Morgan fingerprint density at radius 3 is 2.81 bits per heavy atom. The van der Waals surface area contributed by atoms with Crippen molar-refractivity contribution in [3.63, 3.8) is 0 Å². The van der Waals surface area contributed by atoms with Crippen LogP contribution in [0.15, 0.2) is 36.5 Å². The summed E-state index contributed by atoms with van der Waals surface area (Å²) in [6, 6.07) is 7.66. The van der Waals surface area contributed by atoms with E-state index in [1.807, 2.05) is 6.92 Å². The number of pyridine rings is 1. The van der Waals surface area contributed by atoms with Gasteiger partial charge in [-0.05, 0) is 25.1 Å². The molecule has 0 aliphatic heterocycles. The quantitative estimate of drug-likeness (QED) is 0.843. The van der Waals surface area contributed by atoms with Crippen molar-refractivity contribution in [2.75, 3.05) is 5.73 Å². The van der Waals surface area contributed by atoms with E-state index in [2.05, 4.69) is 4.98 Å². The Balaban J connectivity index is 2.27. The summed E-state index contributed by atoms with van der Waals surface area (Å²) in [4.78, 5) is 4.03. The molecule has 2 N–H and O–H groups in total. The zero-order valence-electron chi connectivity index (χ0n) is 8.77. The number of aromatic nitrogens is 1. The van der Waals surface area contributed by atoms with Crippen molar-refractivity contribution < 1.29 is 9.13 Å². The minimum atomic E-state index is -0.342. The Morgan fingerprint density at radius 2 is 2.12 bits per heavy atom. The van der Waals surface area contributed by atoms with E-state index in [0.717, 1.165) is 5.56 Å². The van der Waals surface area contributed by atoms with E-state index < -0.39 is 0 Å². The highest BCUT2D eigenvalue weighted by Gasteiger charge is 2.03. The molecule has 0 atom stereocenters. The number of nitrogen functional groups attached to an aromatic ring is 1. The van der Waals surface area contributed by atoms with Crippen LogP contribution in [0.2, 0.25) is 0 Å². The van der Waals surface area contributed by atoms with E-state index in [1.165, 1.54) is 18.3 Å². The van der Waals surface area contributed by atoms with Gasteiger partial charge in [-0.15, -0.1) is 0 Å². The van der Waals surface area contributed by atoms with Gasteiger partial charge in [0.2, 0.25) is 5.88 Å². The van der Waals surface area contributed by atoms with Gasteiger partial charge in [0.05, 0.1) is 11.9 Å². The number of hydrogen-bond acceptors (Lipinski definition) is 3. The summed E-state index contributed by atoms with van der Waals surface area (Å²) in [7, 11) is 0. The van der Waals surface area contributed by atoms with Crippen LogP contribution in [0.1, 0.15) is 5.56 Å². The third-order valence-corrected chi connectivity index (χ3v) is 2.06. The first-order valence-corrected chi connectivity index (χ1v) is 4.81. The highest BCUT2D eigenvalue weighted by atomic mass is 19.1. The zero-order chi connectivity index (χ0) is 11.5. The maximum atomic E-state index is 12.9. The first kappa shape index (κ1) is 10.4. The van der Waals surface area contributed by atoms with Gasteiger partial charge in [-0.25, -0.2) is 9.37 Å². The fraction of sp³-hybridized carbons (Fsp3) is 0.0833. The van der Waals surface area contributed by atoms with Crippen LogP contribution in [0.4, 0.5) is 10.1 Å². The molecule has 0 unspecified atom stereocenters. The second-order valence-electron chi connectivity index (χ2n) is 3.45. The normalized spacial score (nSPS) is 10.1. The summed E-state index contributed by atoms with van der Waals surface area (Å²) in [5.74, 6) is 0.505. The maximum absolute atomic E-state index is 12.9. The molecule has 4 heteroatoms. The van der Waals surface area contributed by atoms with E-state index in [9.17, 15) is 4.39 Å². The van der Waals surface area contributed by atoms with Crippen molar-refractivity contribution in [3.05, 3.63) is 47.9 Å². The van der Waals surface area contributed by atoms with Gasteiger partial charge in [0, 0.05) is 11.6 Å². The van der Waals surface area contributed by atoms with Gasteiger partial charge in [-0.2, -0.15) is 0 Å². The Labute approximate surface area is 92.7 Å². The third kappa shape index (κ3) is 2.28. The van der Waals surface area contributed by atoms with Crippen LogP contribution < -0.4 is 10.5 Å². The number of nitrogens with zero attached hydrogens (tertiary/aromatic N) is 1. The van der Waals surface area contributed by atoms with Gasteiger partial charge < -0.3 is 10.5 Å². The fourth-order valence-electron chi connectivity index (χ4n) is 1.33. The summed E-state index contributed by atoms with van der Waals surface area (Å²) in [6.07, 6.45) is 1.50. The van der Waals surface area contributed by atoms with Crippen LogP contribution in [0.3, 0.4) is 0 Å². The molecule has 0 saturated carbocycles. The second-order valence-corrected chi connectivity index (χ2v) is 3.45. The number of halogens is 1. The third-order valence-electron chi connectivity index (χ3n) is 2.06. The van der Waals surface area contributed by atoms with Crippen molar-refractivity contribution in [2.45, 2.75) is 6.92 Å². The lowest BCUT2D eigenvalue weighted by Crippen LogP contribution is -1.94. The molecule has 0 spiro atoms. The average molecular weight is 218 g/mol. The molecule has 1 aromatic heterocycles. The molecule has 2 aromatic rings. The van der Waals surface area contributed by atoms with Crippen molar-refractivity contribution in [1.29, 1.82) is 0 Å². The van der Waals surface area contributed by atoms with Crippen molar-refractivity contribution >= 4 is 5.69 Å². The minimum Gasteiger partial charge on any atom is -0.439 e. The molecule has 2 rings (SSSR count). The van der Waals surface area contributed by atoms with Crippen LogP contribution in [0, 0.1) is 12.7 Å². The number of anilines is 1. The lowest BCUT2D eigenvalue weighted by molar-refractivity contribution is 0.454. The van der Waals surface area contributed by atoms with Crippen LogP contribution in [-0.4, -0.2) is 4.98 Å². The monoisotopic (exact) mass is 218 g/mol. The minimum absolute atomic E-state index is 0.342. The predicted octanol–water partition coefficient (Wildman–Crippen LogP) is 2.90. The van der Waals surface area contributed by atoms with Crippen LogP contribution in [-0.2, 0) is 0 Å². The van der Waals surface area contributed by atoms with Gasteiger partial charge in [0.1, 0.15) is 11.6 Å². The number of ether oxygens (including phenoxy) is 1. The van der Waals surface area contributed by atoms with Gasteiger partial charge in [-0.3, -0.25) is 0 Å². The van der Waals surface area contributed by atoms with Crippen LogP contribution in [0.25, 0.3) is 0 Å². The molecule has 0 saturated heterocycles. The molecule has 3 nitrogen and oxygen atoms in total. The smallest absolute Gasteiger partial charge is 0.222 e. The molecule has 0 fully saturated rings. The Morgan fingerprint density at radius 1 is 1.31 bits per heavy atom. The lowest BCUT2D eigenvalue weighted by atomic mass is 10.3. The summed E-state index contributed by atoms with van der Waals surface area (Å²) in [5, 5.41) is 0. The highest BCUT2D eigenvalue weighted by Crippen LogP contribution is 2.23. The molecule has 0 radical (unpaired) electrons. The summed E-state index contributed by atoms with van der Waals surface area (Å²) >= 11 is 0. The van der Waals surface area contributed by atoms with E-state index in [1.54, 1.807) is 18.2 Å². The number of benzene rings is 1. The standard InChI is InChI=1S/C12H11FN2O/c1-8-5-10(14)7-15-12(8)16-11-4-2-3-9(13)6-11/h2-7H,14H2,1H3. The number of aryl methyl sites for hydroxylation is 1. The maximum Gasteiger partial charge on any atom is 0.222 e. The van der Waals surface area contributed by atoms with E-state index >= 15 is 0 Å². The Hall–Kier alpha value is -2.10. The first-order valence-electron chi connectivity index (χ1n) is 4.81. The molecule has 0 bridgehead atoms. The Bertz CT molecular complexity index is 514. The Kier molecular flexibility index (Phi) is 2.72. The predicted molar refractivity (Wildman–Crippen MR) is 59.9 cm³/mol. The highest BCUT2D eigenvalue weighted by molar-refractivity contribution is 5.43. The molecule has 1 aromatic carbocycles. The second kappa shape index (κ2) is 4.18. The summed E-state index contributed by atoms with van der Waals surface area (Å²) in [6.45, 7) is 1.83. The molecule has 0 aliphatic rings. The van der Waals surface area contributed by atoms with Gasteiger partial charge in [0.25, 0.3) is 0 Å². The van der Waals surface area contributed by atoms with Crippen molar-refractivity contribution in [3.8, 4) is 11.6 Å². The summed E-state index contributed by atoms with van der Waals surface area (Å²) < 4.78 is 18.4. The van der Waals surface area contributed by atoms with E-state index in [-0.39, 0.29) is 5.82 Å². The molecular weight excluding hydrogens is 207 g/mol. The first-order chi connectivity index (χ1) is 7.65. The zero-order valence-corrected chi connectivity index (χ0v) is 8.77. The number of rotatable bonds is 2. The van der Waals surface area contributed by atoms with Crippen LogP contribution >= 0.6 is 0 Å². The summed E-state index contributed by atoms with van der Waals surface area (Å²) in [5.41, 5.74) is 6.95. The largest absolute Gasteiger partial charge is 0.439 e. The molecule has 16 heavy (non-hydrogen) atoms. The molecular formula is C12H11FN2O. The van der Waals surface area contributed by atoms with E-state index in [0.29, 0.717) is 17.3 Å². The van der Waals surface area contributed by atoms with Gasteiger partial charge in [-0.1, -0.05) is 6.07 Å². The molecule has 0 aliphatic carbocycles. The molecule has 82 valence electrons. The van der Waals surface area contributed by atoms with Crippen molar-refractivity contribution in [1.82, 2.24) is 4.98 Å². The number of hydrogen-bond donors (Lipinski definition) is 1. The fourth-order valence-corrected chi connectivity index (χ4v) is 1.33. The SMILES string of the molecule is Cc1cc(N)cnc1Oc1cccc(F)c1. The average Bonchev–Trinajstić information content (AvgIpc) is 2.22. The molecule has 1 heterocycles. The van der Waals surface area contributed by atoms with Crippen LogP contribution in [0.5, 0.6) is 11.6 Å². The molecule has 0 amide bonds. The number of nitrogens with two attached hydrogens (primary N) is 1. The van der Waals surface area contributed by atoms with Crippen molar-refractivity contribution in [2.24, 2.45) is 0 Å². The topological polar surface area (TPSA) is 48.1 Å².